The summed E-state index contributed by atoms with van der Waals surface area (Å²) in [5.41, 5.74) is 3.09. The van der Waals surface area contributed by atoms with E-state index in [0.29, 0.717) is 23.9 Å². The van der Waals surface area contributed by atoms with Gasteiger partial charge in [-0.3, -0.25) is 9.59 Å². The van der Waals surface area contributed by atoms with E-state index in [9.17, 15) is 9.59 Å². The third-order valence-electron chi connectivity index (χ3n) is 4.91. The first-order valence-electron chi connectivity index (χ1n) is 9.37. The number of nitrogens with one attached hydrogen (secondary N) is 2. The first-order valence-corrected chi connectivity index (χ1v) is 9.75. The number of amides is 2. The zero-order chi connectivity index (χ0) is 19.4. The summed E-state index contributed by atoms with van der Waals surface area (Å²) in [7, 11) is 0. The second-order valence-electron chi connectivity index (χ2n) is 7.39. The third-order valence-corrected chi connectivity index (χ3v) is 5.15. The number of benzene rings is 2. The maximum absolute atomic E-state index is 12.3. The van der Waals surface area contributed by atoms with Crippen molar-refractivity contribution >= 4 is 29.1 Å². The Morgan fingerprint density at radius 1 is 1.07 bits per heavy atom. The highest BCUT2D eigenvalue weighted by atomic mass is 35.5. The van der Waals surface area contributed by atoms with Crippen molar-refractivity contribution in [3.8, 4) is 0 Å². The van der Waals surface area contributed by atoms with Crippen LogP contribution in [-0.2, 0) is 16.0 Å². The second kappa shape index (κ2) is 8.57. The van der Waals surface area contributed by atoms with Gasteiger partial charge < -0.3 is 10.6 Å². The fourth-order valence-corrected chi connectivity index (χ4v) is 3.33. The smallest absolute Gasteiger partial charge is 0.228 e. The van der Waals surface area contributed by atoms with E-state index in [4.69, 9.17) is 11.6 Å². The zero-order valence-corrected chi connectivity index (χ0v) is 16.4. The molecule has 3 rings (SSSR count). The van der Waals surface area contributed by atoms with Gasteiger partial charge in [0.05, 0.1) is 11.8 Å². The van der Waals surface area contributed by atoms with Crippen molar-refractivity contribution < 1.29 is 9.59 Å². The summed E-state index contributed by atoms with van der Waals surface area (Å²) in [6.07, 6.45) is 1.33. The fraction of sp³-hybridized carbons (Fsp3) is 0.364. The highest BCUT2D eigenvalue weighted by molar-refractivity contribution is 6.30. The highest BCUT2D eigenvalue weighted by Crippen LogP contribution is 2.39. The van der Waals surface area contributed by atoms with Crippen LogP contribution in [-0.4, -0.2) is 18.4 Å². The molecule has 2 atom stereocenters. The molecule has 1 aliphatic rings. The minimum atomic E-state index is -0.235. The number of carbonyl (C=O) groups excluding carboxylic acids is 2. The Balaban J connectivity index is 1.42. The Labute approximate surface area is 165 Å². The van der Waals surface area contributed by atoms with Crippen molar-refractivity contribution in [1.82, 2.24) is 5.32 Å². The van der Waals surface area contributed by atoms with Gasteiger partial charge in [-0.15, -0.1) is 0 Å². The molecule has 1 fully saturated rings. The van der Waals surface area contributed by atoms with Crippen LogP contribution in [0.2, 0.25) is 5.02 Å². The Morgan fingerprint density at radius 3 is 2.44 bits per heavy atom. The second-order valence-corrected chi connectivity index (χ2v) is 7.82. The Hall–Kier alpha value is -2.33. The van der Waals surface area contributed by atoms with E-state index < -0.39 is 0 Å². The lowest BCUT2D eigenvalue weighted by Gasteiger charge is -2.09. The lowest BCUT2D eigenvalue weighted by atomic mass is 10.0. The molecule has 0 spiro atoms. The summed E-state index contributed by atoms with van der Waals surface area (Å²) >= 11 is 5.96. The van der Waals surface area contributed by atoms with Gasteiger partial charge in [0.15, 0.2) is 0 Å². The van der Waals surface area contributed by atoms with Gasteiger partial charge in [-0.05, 0) is 54.2 Å². The third kappa shape index (κ3) is 5.33. The largest absolute Gasteiger partial charge is 0.356 e. The van der Waals surface area contributed by atoms with E-state index in [0.717, 1.165) is 17.7 Å². The average molecular weight is 385 g/mol. The summed E-state index contributed by atoms with van der Waals surface area (Å²) in [6.45, 7) is 4.81. The maximum Gasteiger partial charge on any atom is 0.228 e. The molecule has 27 heavy (non-hydrogen) atoms. The highest BCUT2D eigenvalue weighted by Gasteiger charge is 2.47. The van der Waals surface area contributed by atoms with E-state index in [1.54, 1.807) is 0 Å². The summed E-state index contributed by atoms with van der Waals surface area (Å²) in [5.74, 6) is -0.131. The summed E-state index contributed by atoms with van der Waals surface area (Å²) in [6, 6.07) is 15.5. The maximum atomic E-state index is 12.3. The zero-order valence-electron chi connectivity index (χ0n) is 15.7. The van der Waals surface area contributed by atoms with Crippen LogP contribution in [0.3, 0.4) is 0 Å². The Bertz CT molecular complexity index is 817. The molecular formula is C22H25ClN2O2. The molecule has 1 saturated carbocycles. The van der Waals surface area contributed by atoms with Gasteiger partial charge >= 0.3 is 0 Å². The van der Waals surface area contributed by atoms with Gasteiger partial charge in [-0.2, -0.15) is 0 Å². The van der Waals surface area contributed by atoms with E-state index in [2.05, 4.69) is 24.5 Å². The molecule has 142 valence electrons. The van der Waals surface area contributed by atoms with Crippen LogP contribution in [0.5, 0.6) is 0 Å². The van der Waals surface area contributed by atoms with Crippen LogP contribution < -0.4 is 10.6 Å². The van der Waals surface area contributed by atoms with Gasteiger partial charge in [0, 0.05) is 17.3 Å². The minimum absolute atomic E-state index is 0.0488. The predicted molar refractivity (Wildman–Crippen MR) is 109 cm³/mol. The first-order chi connectivity index (χ1) is 12.9. The van der Waals surface area contributed by atoms with Crippen LogP contribution in [0.4, 0.5) is 5.69 Å². The van der Waals surface area contributed by atoms with Crippen LogP contribution in [0, 0.1) is 11.8 Å². The first kappa shape index (κ1) is 19.4. The number of hydrogen-bond acceptors (Lipinski definition) is 2. The van der Waals surface area contributed by atoms with E-state index in [-0.39, 0.29) is 23.7 Å². The summed E-state index contributed by atoms with van der Waals surface area (Å²) in [4.78, 5) is 24.6. The van der Waals surface area contributed by atoms with Crippen molar-refractivity contribution in [3.05, 3.63) is 64.7 Å². The Kier molecular flexibility index (Phi) is 6.17. The number of anilines is 1. The fourth-order valence-electron chi connectivity index (χ4n) is 3.11. The lowest BCUT2D eigenvalue weighted by Crippen LogP contribution is -2.29. The van der Waals surface area contributed by atoms with Crippen molar-refractivity contribution in [3.63, 3.8) is 0 Å². The molecule has 2 amide bonds. The molecule has 2 N–H and O–H groups in total. The Morgan fingerprint density at radius 2 is 1.78 bits per heavy atom. The van der Waals surface area contributed by atoms with Crippen molar-refractivity contribution in [1.29, 1.82) is 0 Å². The normalized spacial score (nSPS) is 18.2. The molecule has 2 aromatic rings. The molecule has 0 heterocycles. The molecule has 4 nitrogen and oxygen atoms in total. The van der Waals surface area contributed by atoms with Gasteiger partial charge in [-0.1, -0.05) is 49.7 Å². The van der Waals surface area contributed by atoms with Gasteiger partial charge in [-0.25, -0.2) is 0 Å². The van der Waals surface area contributed by atoms with Gasteiger partial charge in [0.1, 0.15) is 0 Å². The molecule has 0 aliphatic heterocycles. The molecule has 2 unspecified atom stereocenters. The molecule has 2 aromatic carbocycles. The molecule has 0 radical (unpaired) electrons. The molecule has 0 aromatic heterocycles. The van der Waals surface area contributed by atoms with Crippen molar-refractivity contribution in [2.75, 3.05) is 11.9 Å². The van der Waals surface area contributed by atoms with Crippen molar-refractivity contribution in [2.24, 2.45) is 11.8 Å². The standard InChI is InChI=1S/C22H25ClN2O2/c1-14(2)16-6-8-18(9-7-16)25-22(27)20-13-19(20)21(26)24-11-10-15-4-3-5-17(23)12-15/h3-9,12,14,19-20H,10-11,13H2,1-2H3,(H,24,26)(H,25,27). The molecule has 0 saturated heterocycles. The average Bonchev–Trinajstić information content (AvgIpc) is 3.43. The van der Waals surface area contributed by atoms with Crippen LogP contribution in [0.1, 0.15) is 37.3 Å². The minimum Gasteiger partial charge on any atom is -0.356 e. The van der Waals surface area contributed by atoms with E-state index >= 15 is 0 Å². The molecule has 1 aliphatic carbocycles. The van der Waals surface area contributed by atoms with Crippen LogP contribution >= 0.6 is 11.6 Å². The topological polar surface area (TPSA) is 58.2 Å². The predicted octanol–water partition coefficient (Wildman–Crippen LogP) is 4.40. The SMILES string of the molecule is CC(C)c1ccc(NC(=O)C2CC2C(=O)NCCc2cccc(Cl)c2)cc1. The molecular weight excluding hydrogens is 360 g/mol. The molecule has 0 bridgehead atoms. The van der Waals surface area contributed by atoms with Gasteiger partial charge in [0.25, 0.3) is 0 Å². The lowest BCUT2D eigenvalue weighted by molar-refractivity contribution is -0.125. The number of rotatable bonds is 7. The number of hydrogen-bond donors (Lipinski definition) is 2. The number of carbonyl (C=O) groups is 2. The summed E-state index contributed by atoms with van der Waals surface area (Å²) in [5, 5.41) is 6.52. The molecule has 5 heteroatoms. The number of halogens is 1. The van der Waals surface area contributed by atoms with E-state index in [1.807, 2.05) is 48.5 Å². The van der Waals surface area contributed by atoms with Crippen LogP contribution in [0.15, 0.2) is 48.5 Å². The quantitative estimate of drug-likeness (QED) is 0.743. The summed E-state index contributed by atoms with van der Waals surface area (Å²) < 4.78 is 0. The van der Waals surface area contributed by atoms with Gasteiger partial charge in [0.2, 0.25) is 11.8 Å². The van der Waals surface area contributed by atoms with Crippen molar-refractivity contribution in [2.45, 2.75) is 32.6 Å². The van der Waals surface area contributed by atoms with E-state index in [1.165, 1.54) is 5.56 Å². The van der Waals surface area contributed by atoms with Crippen LogP contribution in [0.25, 0.3) is 0 Å². The monoisotopic (exact) mass is 384 g/mol.